The second kappa shape index (κ2) is 6.63. The van der Waals surface area contributed by atoms with E-state index in [9.17, 15) is 0 Å². The Morgan fingerprint density at radius 2 is 1.82 bits per heavy atom. The first-order chi connectivity index (χ1) is 10.6. The highest BCUT2D eigenvalue weighted by atomic mass is 15.3. The van der Waals surface area contributed by atoms with Gasteiger partial charge in [0, 0.05) is 29.9 Å². The maximum atomic E-state index is 5.98. The number of aromatic nitrogens is 2. The van der Waals surface area contributed by atoms with E-state index in [1.807, 2.05) is 10.7 Å². The van der Waals surface area contributed by atoms with Crippen molar-refractivity contribution < 1.29 is 0 Å². The fourth-order valence-corrected chi connectivity index (χ4v) is 3.32. The molecule has 0 unspecified atom stereocenters. The zero-order chi connectivity index (χ0) is 15.5. The molecule has 0 spiro atoms. The highest BCUT2D eigenvalue weighted by Crippen LogP contribution is 2.20. The first-order valence-corrected chi connectivity index (χ1v) is 8.24. The molecule has 1 fully saturated rings. The van der Waals surface area contributed by atoms with Gasteiger partial charge >= 0.3 is 0 Å². The third-order valence-corrected chi connectivity index (χ3v) is 4.78. The summed E-state index contributed by atoms with van der Waals surface area (Å²) in [7, 11) is 0. The van der Waals surface area contributed by atoms with Gasteiger partial charge in [-0.1, -0.05) is 18.2 Å². The van der Waals surface area contributed by atoms with E-state index in [4.69, 9.17) is 10.8 Å². The molecule has 4 heteroatoms. The molecule has 0 atom stereocenters. The molecule has 1 heterocycles. The molecule has 2 aromatic rings. The third-order valence-electron chi connectivity index (χ3n) is 4.78. The number of nitrogens with zero attached hydrogens (tertiary/aromatic N) is 2. The van der Waals surface area contributed by atoms with Crippen LogP contribution >= 0.6 is 0 Å². The van der Waals surface area contributed by atoms with Crippen molar-refractivity contribution in [1.82, 2.24) is 15.1 Å². The minimum absolute atomic E-state index is 0.405. The van der Waals surface area contributed by atoms with Gasteiger partial charge in [0.05, 0.1) is 11.4 Å². The summed E-state index contributed by atoms with van der Waals surface area (Å²) in [4.78, 5) is 0. The van der Waals surface area contributed by atoms with Gasteiger partial charge in [-0.15, -0.1) is 0 Å². The van der Waals surface area contributed by atoms with E-state index in [0.717, 1.165) is 30.8 Å². The zero-order valence-corrected chi connectivity index (χ0v) is 13.5. The molecule has 3 rings (SSSR count). The largest absolute Gasteiger partial charge is 0.328 e. The van der Waals surface area contributed by atoms with Crippen LogP contribution in [0.2, 0.25) is 0 Å². The Morgan fingerprint density at radius 3 is 2.50 bits per heavy atom. The summed E-state index contributed by atoms with van der Waals surface area (Å²) in [5.74, 6) is 0. The summed E-state index contributed by atoms with van der Waals surface area (Å²) in [5.41, 5.74) is 10.8. The Morgan fingerprint density at radius 1 is 1.14 bits per heavy atom. The molecule has 22 heavy (non-hydrogen) atoms. The second-order valence-corrected chi connectivity index (χ2v) is 6.39. The van der Waals surface area contributed by atoms with Gasteiger partial charge in [0.1, 0.15) is 0 Å². The van der Waals surface area contributed by atoms with Crippen molar-refractivity contribution >= 4 is 0 Å². The van der Waals surface area contributed by atoms with Crippen molar-refractivity contribution in [3.05, 3.63) is 47.3 Å². The first kappa shape index (κ1) is 15.3. The molecule has 1 aliphatic carbocycles. The number of nitrogens with two attached hydrogens (primary N) is 1. The van der Waals surface area contributed by atoms with Gasteiger partial charge in [-0.05, 0) is 51.7 Å². The Balaban J connectivity index is 1.71. The second-order valence-electron chi connectivity index (χ2n) is 6.39. The van der Waals surface area contributed by atoms with Crippen molar-refractivity contribution in [2.24, 2.45) is 5.73 Å². The molecule has 1 saturated carbocycles. The van der Waals surface area contributed by atoms with E-state index in [1.165, 1.54) is 24.1 Å². The lowest BCUT2D eigenvalue weighted by atomic mass is 9.91. The summed E-state index contributed by atoms with van der Waals surface area (Å²) in [5, 5.41) is 8.41. The highest BCUT2D eigenvalue weighted by Gasteiger charge is 2.19. The van der Waals surface area contributed by atoms with E-state index in [1.54, 1.807) is 0 Å². The van der Waals surface area contributed by atoms with Gasteiger partial charge in [-0.25, -0.2) is 4.68 Å². The van der Waals surface area contributed by atoms with E-state index in [-0.39, 0.29) is 0 Å². The molecule has 0 radical (unpaired) electrons. The Kier molecular flexibility index (Phi) is 4.60. The minimum atomic E-state index is 0.405. The van der Waals surface area contributed by atoms with E-state index < -0.39 is 0 Å². The van der Waals surface area contributed by atoms with Gasteiger partial charge in [-0.3, -0.25) is 0 Å². The summed E-state index contributed by atoms with van der Waals surface area (Å²) in [6.07, 6.45) is 4.65. The Hall–Kier alpha value is -1.65. The van der Waals surface area contributed by atoms with Crippen molar-refractivity contribution in [3.63, 3.8) is 0 Å². The zero-order valence-electron chi connectivity index (χ0n) is 13.5. The van der Waals surface area contributed by atoms with Crippen LogP contribution in [0.4, 0.5) is 0 Å². The molecule has 1 aliphatic rings. The maximum Gasteiger partial charge on any atom is 0.0648 e. The summed E-state index contributed by atoms with van der Waals surface area (Å²) in [6, 6.07) is 11.3. The number of nitrogens with one attached hydrogen (secondary N) is 1. The molecule has 118 valence electrons. The predicted molar refractivity (Wildman–Crippen MR) is 90.1 cm³/mol. The van der Waals surface area contributed by atoms with Crippen LogP contribution in [-0.4, -0.2) is 21.9 Å². The smallest absolute Gasteiger partial charge is 0.0648 e. The van der Waals surface area contributed by atoms with E-state index in [2.05, 4.69) is 43.4 Å². The van der Waals surface area contributed by atoms with Crippen LogP contribution in [0, 0.1) is 13.8 Å². The molecule has 0 aliphatic heterocycles. The van der Waals surface area contributed by atoms with Crippen LogP contribution in [0.15, 0.2) is 30.3 Å². The Bertz CT molecular complexity index is 610. The molecule has 0 bridgehead atoms. The fourth-order valence-electron chi connectivity index (χ4n) is 3.32. The lowest BCUT2D eigenvalue weighted by molar-refractivity contribution is 0.341. The normalized spacial score (nSPS) is 22.0. The maximum absolute atomic E-state index is 5.98. The van der Waals surface area contributed by atoms with Gasteiger partial charge in [0.15, 0.2) is 0 Å². The minimum Gasteiger partial charge on any atom is -0.328 e. The monoisotopic (exact) mass is 298 g/mol. The number of aryl methyl sites for hydroxylation is 1. The van der Waals surface area contributed by atoms with Gasteiger partial charge in [0.2, 0.25) is 0 Å². The molecule has 0 saturated heterocycles. The predicted octanol–water partition coefficient (Wildman–Crippen LogP) is 2.85. The molecular formula is C18H26N4. The topological polar surface area (TPSA) is 55.9 Å². The fraction of sp³-hybridized carbons (Fsp3) is 0.500. The summed E-state index contributed by atoms with van der Waals surface area (Å²) < 4.78 is 2.04. The van der Waals surface area contributed by atoms with Crippen LogP contribution in [0.1, 0.15) is 42.6 Å². The van der Waals surface area contributed by atoms with Crippen LogP contribution in [0.25, 0.3) is 5.69 Å². The van der Waals surface area contributed by atoms with Gasteiger partial charge in [0.25, 0.3) is 0 Å². The number of benzene rings is 1. The van der Waals surface area contributed by atoms with Crippen LogP contribution in [0.5, 0.6) is 0 Å². The standard InChI is InChI=1S/C18H26N4/c1-13-18(12-20-16-10-8-15(19)9-11-16)14(2)22(21-13)17-6-4-3-5-7-17/h3-7,15-16,20H,8-12,19H2,1-2H3. The number of rotatable bonds is 4. The Labute approximate surface area is 132 Å². The van der Waals surface area contributed by atoms with Gasteiger partial charge < -0.3 is 11.1 Å². The van der Waals surface area contributed by atoms with Gasteiger partial charge in [-0.2, -0.15) is 5.10 Å². The quantitative estimate of drug-likeness (QED) is 0.912. The molecule has 0 amide bonds. The van der Waals surface area contributed by atoms with Crippen LogP contribution < -0.4 is 11.1 Å². The number of hydrogen-bond acceptors (Lipinski definition) is 3. The van der Waals surface area contributed by atoms with E-state index in [0.29, 0.717) is 12.1 Å². The first-order valence-electron chi connectivity index (χ1n) is 8.24. The average molecular weight is 298 g/mol. The highest BCUT2D eigenvalue weighted by molar-refractivity contribution is 5.36. The molecule has 3 N–H and O–H groups in total. The van der Waals surface area contributed by atoms with Crippen molar-refractivity contribution in [2.75, 3.05) is 0 Å². The van der Waals surface area contributed by atoms with Crippen molar-refractivity contribution in [3.8, 4) is 5.69 Å². The lowest BCUT2D eigenvalue weighted by Crippen LogP contribution is -2.37. The van der Waals surface area contributed by atoms with E-state index >= 15 is 0 Å². The SMILES string of the molecule is Cc1nn(-c2ccccc2)c(C)c1CNC1CCC(N)CC1. The van der Waals surface area contributed by atoms with Crippen LogP contribution in [0.3, 0.4) is 0 Å². The number of para-hydroxylation sites is 1. The summed E-state index contributed by atoms with van der Waals surface area (Å²) >= 11 is 0. The van der Waals surface area contributed by atoms with Crippen molar-refractivity contribution in [1.29, 1.82) is 0 Å². The lowest BCUT2D eigenvalue weighted by Gasteiger charge is -2.27. The van der Waals surface area contributed by atoms with Crippen LogP contribution in [-0.2, 0) is 6.54 Å². The molecule has 1 aromatic heterocycles. The molecule has 4 nitrogen and oxygen atoms in total. The van der Waals surface area contributed by atoms with Crippen molar-refractivity contribution in [2.45, 2.75) is 58.2 Å². The summed E-state index contributed by atoms with van der Waals surface area (Å²) in [6.45, 7) is 5.14. The third kappa shape index (κ3) is 3.23. The molecule has 1 aromatic carbocycles. The number of hydrogen-bond donors (Lipinski definition) is 2. The molecular weight excluding hydrogens is 272 g/mol. The average Bonchev–Trinajstić information content (AvgIpc) is 2.82.